The van der Waals surface area contributed by atoms with Crippen LogP contribution in [0.3, 0.4) is 0 Å². The molecule has 0 radical (unpaired) electrons. The van der Waals surface area contributed by atoms with Crippen molar-refractivity contribution < 1.29 is 14.4 Å². The molecule has 1 N–H and O–H groups in total. The molecule has 6 nitrogen and oxygen atoms in total. The first kappa shape index (κ1) is 28.7. The fraction of sp³-hybridized carbons (Fsp3) is 0.242. The Labute approximate surface area is 249 Å². The largest absolute Gasteiger partial charge is 0.354 e. The van der Waals surface area contributed by atoms with E-state index < -0.39 is 6.04 Å². The summed E-state index contributed by atoms with van der Waals surface area (Å²) in [6.07, 6.45) is 0.307. The highest BCUT2D eigenvalue weighted by Gasteiger charge is 2.35. The van der Waals surface area contributed by atoms with Crippen LogP contribution in [-0.2, 0) is 22.6 Å². The maximum Gasteiger partial charge on any atom is 0.259 e. The van der Waals surface area contributed by atoms with Gasteiger partial charge in [0.15, 0.2) is 0 Å². The van der Waals surface area contributed by atoms with Gasteiger partial charge in [0.2, 0.25) is 11.8 Å². The van der Waals surface area contributed by atoms with Crippen LogP contribution >= 0.6 is 23.2 Å². The Morgan fingerprint density at radius 1 is 0.878 bits per heavy atom. The van der Waals surface area contributed by atoms with Gasteiger partial charge in [0, 0.05) is 30.5 Å². The number of nitrogens with zero attached hydrogens (tertiary/aromatic N) is 2. The van der Waals surface area contributed by atoms with Gasteiger partial charge in [0.25, 0.3) is 5.91 Å². The maximum absolute atomic E-state index is 14.2. The molecule has 0 spiro atoms. The van der Waals surface area contributed by atoms with Crippen molar-refractivity contribution in [3.8, 4) is 0 Å². The predicted molar refractivity (Wildman–Crippen MR) is 164 cm³/mol. The van der Waals surface area contributed by atoms with Gasteiger partial charge >= 0.3 is 0 Å². The number of anilines is 1. The molecule has 210 valence electrons. The summed E-state index contributed by atoms with van der Waals surface area (Å²) in [4.78, 5) is 44.5. The molecule has 1 aliphatic rings. The average Bonchev–Trinajstić information content (AvgIpc) is 3.23. The molecule has 1 aliphatic heterocycles. The van der Waals surface area contributed by atoms with Crippen LogP contribution in [0.25, 0.3) is 10.8 Å². The summed E-state index contributed by atoms with van der Waals surface area (Å²) in [7, 11) is 0. The van der Waals surface area contributed by atoms with Gasteiger partial charge < -0.3 is 10.2 Å². The van der Waals surface area contributed by atoms with Crippen molar-refractivity contribution >= 4 is 57.4 Å². The number of hydrogen-bond donors (Lipinski definition) is 1. The number of amides is 3. The van der Waals surface area contributed by atoms with Crippen LogP contribution in [-0.4, -0.2) is 41.8 Å². The normalized spacial score (nSPS) is 13.1. The molecule has 41 heavy (non-hydrogen) atoms. The first-order chi connectivity index (χ1) is 19.7. The second kappa shape index (κ2) is 12.3. The maximum atomic E-state index is 14.2. The number of halogens is 2. The molecule has 0 bridgehead atoms. The quantitative estimate of drug-likeness (QED) is 0.229. The van der Waals surface area contributed by atoms with Crippen LogP contribution < -0.4 is 10.2 Å². The second-order valence-electron chi connectivity index (χ2n) is 10.7. The highest BCUT2D eigenvalue weighted by Crippen LogP contribution is 2.37. The lowest BCUT2D eigenvalue weighted by Gasteiger charge is -2.33. The summed E-state index contributed by atoms with van der Waals surface area (Å²) >= 11 is 12.5. The van der Waals surface area contributed by atoms with Gasteiger partial charge in [0.1, 0.15) is 12.6 Å². The minimum atomic E-state index is -0.825. The number of nitrogens with one attached hydrogen (secondary N) is 1. The Kier molecular flexibility index (Phi) is 8.62. The molecule has 8 heteroatoms. The SMILES string of the molecule is CC(C)CNC(=O)C(Cc1ccccc1)N(Cc1ccc(Cl)c(Cl)c1)C(=O)CN1C(=O)c2cccc3cccc1c23. The second-order valence-corrected chi connectivity index (χ2v) is 11.5. The molecular weight excluding hydrogens is 557 g/mol. The topological polar surface area (TPSA) is 69.7 Å². The molecule has 0 aliphatic carbocycles. The lowest BCUT2D eigenvalue weighted by atomic mass is 10.0. The Bertz CT molecular complexity index is 1600. The molecule has 3 amide bonds. The minimum Gasteiger partial charge on any atom is -0.354 e. The minimum absolute atomic E-state index is 0.113. The van der Waals surface area contributed by atoms with Crippen molar-refractivity contribution in [2.24, 2.45) is 5.92 Å². The smallest absolute Gasteiger partial charge is 0.259 e. The van der Waals surface area contributed by atoms with Crippen LogP contribution in [0.5, 0.6) is 0 Å². The number of hydrogen-bond acceptors (Lipinski definition) is 3. The standard InChI is InChI=1S/C33H31Cl2N3O3/c1-21(2)18-36-32(40)29(17-22-8-4-3-5-9-22)37(19-23-14-15-26(34)27(35)16-23)30(39)20-38-28-13-7-11-24-10-6-12-25(31(24)28)33(38)41/h3-16,21,29H,17-20H2,1-2H3,(H,36,40). The number of rotatable bonds is 10. The molecule has 4 aromatic carbocycles. The van der Waals surface area contributed by atoms with E-state index in [0.717, 1.165) is 21.9 Å². The molecule has 1 unspecified atom stereocenters. The van der Waals surface area contributed by atoms with Gasteiger partial charge in [0.05, 0.1) is 15.7 Å². The van der Waals surface area contributed by atoms with Gasteiger partial charge in [-0.05, 0) is 46.7 Å². The van der Waals surface area contributed by atoms with E-state index in [1.807, 2.05) is 74.5 Å². The molecule has 0 aromatic heterocycles. The van der Waals surface area contributed by atoms with Gasteiger partial charge in [-0.1, -0.05) is 97.7 Å². The van der Waals surface area contributed by atoms with E-state index in [0.29, 0.717) is 34.3 Å². The van der Waals surface area contributed by atoms with Crippen molar-refractivity contribution in [1.29, 1.82) is 0 Å². The Morgan fingerprint density at radius 3 is 2.32 bits per heavy atom. The van der Waals surface area contributed by atoms with Crippen molar-refractivity contribution in [3.63, 3.8) is 0 Å². The number of carbonyl (C=O) groups is 3. The van der Waals surface area contributed by atoms with Gasteiger partial charge in [-0.3, -0.25) is 19.3 Å². The molecule has 1 heterocycles. The highest BCUT2D eigenvalue weighted by molar-refractivity contribution is 6.42. The average molecular weight is 589 g/mol. The van der Waals surface area contributed by atoms with Gasteiger partial charge in [-0.2, -0.15) is 0 Å². The summed E-state index contributed by atoms with van der Waals surface area (Å²) in [6, 6.07) is 25.2. The fourth-order valence-electron chi connectivity index (χ4n) is 5.17. The van der Waals surface area contributed by atoms with Crippen LogP contribution in [0.4, 0.5) is 5.69 Å². The lowest BCUT2D eigenvalue weighted by molar-refractivity contribution is -0.140. The third-order valence-electron chi connectivity index (χ3n) is 7.24. The van der Waals surface area contributed by atoms with E-state index in [9.17, 15) is 14.4 Å². The van der Waals surface area contributed by atoms with E-state index in [-0.39, 0.29) is 36.7 Å². The number of carbonyl (C=O) groups excluding carboxylic acids is 3. The zero-order valence-electron chi connectivity index (χ0n) is 22.9. The molecule has 0 fully saturated rings. The van der Waals surface area contributed by atoms with Crippen LogP contribution in [0.1, 0.15) is 35.3 Å². The lowest BCUT2D eigenvalue weighted by Crippen LogP contribution is -2.53. The molecule has 1 atom stereocenters. The first-order valence-corrected chi connectivity index (χ1v) is 14.4. The third kappa shape index (κ3) is 6.24. The highest BCUT2D eigenvalue weighted by atomic mass is 35.5. The summed E-state index contributed by atoms with van der Waals surface area (Å²) in [5, 5.41) is 5.54. The van der Waals surface area contributed by atoms with E-state index in [1.54, 1.807) is 29.2 Å². The van der Waals surface area contributed by atoms with E-state index in [1.165, 1.54) is 4.90 Å². The first-order valence-electron chi connectivity index (χ1n) is 13.6. The van der Waals surface area contributed by atoms with Crippen LogP contribution in [0, 0.1) is 5.92 Å². The van der Waals surface area contributed by atoms with Crippen molar-refractivity contribution in [2.75, 3.05) is 18.0 Å². The Hall–Kier alpha value is -3.87. The zero-order valence-corrected chi connectivity index (χ0v) is 24.5. The van der Waals surface area contributed by atoms with Gasteiger partial charge in [-0.25, -0.2) is 0 Å². The van der Waals surface area contributed by atoms with E-state index in [4.69, 9.17) is 23.2 Å². The molecule has 0 saturated carbocycles. The van der Waals surface area contributed by atoms with Crippen molar-refractivity contribution in [3.05, 3.63) is 112 Å². The van der Waals surface area contributed by atoms with Crippen molar-refractivity contribution in [1.82, 2.24) is 10.2 Å². The Balaban J connectivity index is 1.51. The van der Waals surface area contributed by atoms with Crippen LogP contribution in [0.2, 0.25) is 10.0 Å². The third-order valence-corrected chi connectivity index (χ3v) is 7.97. The van der Waals surface area contributed by atoms with Gasteiger partial charge in [-0.15, -0.1) is 0 Å². The zero-order chi connectivity index (χ0) is 29.1. The number of benzene rings is 4. The summed E-state index contributed by atoms with van der Waals surface area (Å²) < 4.78 is 0. The predicted octanol–water partition coefficient (Wildman–Crippen LogP) is 6.52. The summed E-state index contributed by atoms with van der Waals surface area (Å²) in [5.74, 6) is -0.607. The monoisotopic (exact) mass is 587 g/mol. The summed E-state index contributed by atoms with van der Waals surface area (Å²) in [6.45, 7) is 4.41. The van der Waals surface area contributed by atoms with Crippen LogP contribution in [0.15, 0.2) is 84.9 Å². The van der Waals surface area contributed by atoms with E-state index >= 15 is 0 Å². The molecule has 5 rings (SSSR count). The molecular formula is C33H31Cl2N3O3. The fourth-order valence-corrected chi connectivity index (χ4v) is 5.49. The van der Waals surface area contributed by atoms with E-state index in [2.05, 4.69) is 5.32 Å². The van der Waals surface area contributed by atoms with Crippen molar-refractivity contribution in [2.45, 2.75) is 32.9 Å². The molecule has 0 saturated heterocycles. The Morgan fingerprint density at radius 2 is 1.61 bits per heavy atom. The molecule has 4 aromatic rings. The summed E-state index contributed by atoms with van der Waals surface area (Å²) in [5.41, 5.74) is 2.89.